The molecule has 1 aromatic heterocycles. The Balaban J connectivity index is 1.48. The first kappa shape index (κ1) is 21.2. The average Bonchev–Trinajstić information content (AvgIpc) is 3.22. The molecule has 0 aliphatic rings. The minimum absolute atomic E-state index is 0.0104. The van der Waals surface area contributed by atoms with Crippen molar-refractivity contribution in [3.63, 3.8) is 0 Å². The van der Waals surface area contributed by atoms with Crippen LogP contribution in [0.5, 0.6) is 11.5 Å². The summed E-state index contributed by atoms with van der Waals surface area (Å²) < 4.78 is 10.7. The number of nitrogens with one attached hydrogen (secondary N) is 1. The molecular formula is C22H24N2O3S2. The molecule has 152 valence electrons. The molecular weight excluding hydrogens is 404 g/mol. The van der Waals surface area contributed by atoms with E-state index in [1.165, 1.54) is 16.9 Å². The van der Waals surface area contributed by atoms with E-state index < -0.39 is 0 Å². The fraction of sp³-hybridized carbons (Fsp3) is 0.273. The van der Waals surface area contributed by atoms with Gasteiger partial charge in [-0.3, -0.25) is 4.79 Å². The van der Waals surface area contributed by atoms with Crippen LogP contribution in [0.25, 0.3) is 11.3 Å². The number of benzene rings is 2. The Bertz CT molecular complexity index is 929. The maximum atomic E-state index is 12.2. The van der Waals surface area contributed by atoms with Gasteiger partial charge in [0, 0.05) is 23.1 Å². The second-order valence-corrected chi connectivity index (χ2v) is 8.26. The van der Waals surface area contributed by atoms with E-state index in [-0.39, 0.29) is 5.91 Å². The molecule has 1 amide bonds. The Kier molecular flexibility index (Phi) is 7.95. The van der Waals surface area contributed by atoms with Crippen molar-refractivity contribution in [3.05, 3.63) is 59.5 Å². The predicted molar refractivity (Wildman–Crippen MR) is 121 cm³/mol. The van der Waals surface area contributed by atoms with Gasteiger partial charge in [-0.15, -0.1) is 11.3 Å². The first-order valence-electron chi connectivity index (χ1n) is 9.29. The van der Waals surface area contributed by atoms with Gasteiger partial charge in [0.25, 0.3) is 0 Å². The highest BCUT2D eigenvalue weighted by molar-refractivity contribution is 7.98. The monoisotopic (exact) mass is 428 g/mol. The van der Waals surface area contributed by atoms with Gasteiger partial charge < -0.3 is 14.8 Å². The van der Waals surface area contributed by atoms with Crippen molar-refractivity contribution in [1.82, 2.24) is 4.98 Å². The van der Waals surface area contributed by atoms with Gasteiger partial charge in [-0.2, -0.15) is 11.8 Å². The van der Waals surface area contributed by atoms with Crippen molar-refractivity contribution in [2.75, 3.05) is 25.3 Å². The molecule has 0 radical (unpaired) electrons. The van der Waals surface area contributed by atoms with E-state index in [1.807, 2.05) is 53.5 Å². The number of rotatable bonds is 10. The van der Waals surface area contributed by atoms with Gasteiger partial charge >= 0.3 is 0 Å². The van der Waals surface area contributed by atoms with E-state index in [0.717, 1.165) is 34.9 Å². The summed E-state index contributed by atoms with van der Waals surface area (Å²) in [5.74, 6) is 3.35. The quantitative estimate of drug-likeness (QED) is 0.433. The van der Waals surface area contributed by atoms with Crippen molar-refractivity contribution in [3.8, 4) is 22.8 Å². The van der Waals surface area contributed by atoms with Crippen molar-refractivity contribution < 1.29 is 14.3 Å². The Morgan fingerprint density at radius 3 is 2.72 bits per heavy atom. The lowest BCUT2D eigenvalue weighted by Gasteiger charge is -2.08. The number of anilines is 1. The van der Waals surface area contributed by atoms with Crippen molar-refractivity contribution in [1.29, 1.82) is 0 Å². The summed E-state index contributed by atoms with van der Waals surface area (Å²) in [6.07, 6.45) is 1.32. The molecule has 3 aromatic rings. The van der Waals surface area contributed by atoms with E-state index in [1.54, 1.807) is 14.2 Å². The molecule has 0 aliphatic carbocycles. The molecule has 7 heteroatoms. The van der Waals surface area contributed by atoms with E-state index >= 15 is 0 Å². The second kappa shape index (κ2) is 10.9. The number of hydrogen-bond acceptors (Lipinski definition) is 6. The number of methoxy groups -OCH3 is 2. The topological polar surface area (TPSA) is 60.5 Å². The Labute approximate surface area is 179 Å². The van der Waals surface area contributed by atoms with Gasteiger partial charge in [0.15, 0.2) is 5.13 Å². The Hall–Kier alpha value is -2.51. The number of hydrogen-bond donors (Lipinski definition) is 1. The summed E-state index contributed by atoms with van der Waals surface area (Å²) >= 11 is 3.25. The molecule has 0 atom stereocenters. The lowest BCUT2D eigenvalue weighted by atomic mass is 10.1. The number of ether oxygens (including phenoxy) is 2. The molecule has 1 N–H and O–H groups in total. The second-order valence-electron chi connectivity index (χ2n) is 6.29. The summed E-state index contributed by atoms with van der Waals surface area (Å²) in [5.41, 5.74) is 2.89. The number of amides is 1. The number of thiazole rings is 1. The number of thioether (sulfide) groups is 1. The van der Waals surface area contributed by atoms with Gasteiger partial charge in [-0.05, 0) is 35.9 Å². The lowest BCUT2D eigenvalue weighted by Crippen LogP contribution is -2.11. The highest BCUT2D eigenvalue weighted by Gasteiger charge is 2.13. The molecule has 0 saturated heterocycles. The van der Waals surface area contributed by atoms with E-state index in [0.29, 0.717) is 17.3 Å². The van der Waals surface area contributed by atoms with Crippen molar-refractivity contribution in [2.45, 2.75) is 18.6 Å². The van der Waals surface area contributed by atoms with Crippen LogP contribution in [0.3, 0.4) is 0 Å². The molecule has 0 aliphatic heterocycles. The zero-order chi connectivity index (χ0) is 20.5. The number of carbonyl (C=O) groups excluding carboxylic acids is 1. The van der Waals surface area contributed by atoms with E-state index in [2.05, 4.69) is 22.4 Å². The highest BCUT2D eigenvalue weighted by atomic mass is 32.2. The third-order valence-electron chi connectivity index (χ3n) is 4.24. The summed E-state index contributed by atoms with van der Waals surface area (Å²) in [6.45, 7) is 0. The molecule has 0 unspecified atom stereocenters. The summed E-state index contributed by atoms with van der Waals surface area (Å²) in [4.78, 5) is 16.8. The summed E-state index contributed by atoms with van der Waals surface area (Å²) in [6, 6.07) is 15.9. The van der Waals surface area contributed by atoms with Crippen LogP contribution in [0, 0.1) is 0 Å². The largest absolute Gasteiger partial charge is 0.497 e. The molecule has 1 heterocycles. The van der Waals surface area contributed by atoms with Crippen LogP contribution >= 0.6 is 23.1 Å². The smallest absolute Gasteiger partial charge is 0.226 e. The standard InChI is InChI=1S/C22H24N2O3S2/c1-26-17-10-11-20(27-2)18(13-17)19-15-29-22(23-19)24-21(25)9-6-12-28-14-16-7-4-3-5-8-16/h3-5,7-8,10-11,13,15H,6,9,12,14H2,1-2H3,(H,23,24,25). The number of carbonyl (C=O) groups is 1. The summed E-state index contributed by atoms with van der Waals surface area (Å²) in [5, 5.41) is 5.39. The van der Waals surface area contributed by atoms with Crippen LogP contribution in [0.15, 0.2) is 53.9 Å². The van der Waals surface area contributed by atoms with E-state index in [4.69, 9.17) is 9.47 Å². The fourth-order valence-corrected chi connectivity index (χ4v) is 4.40. The third-order valence-corrected chi connectivity index (χ3v) is 6.11. The molecule has 29 heavy (non-hydrogen) atoms. The lowest BCUT2D eigenvalue weighted by molar-refractivity contribution is -0.116. The van der Waals surface area contributed by atoms with Crippen LogP contribution in [-0.2, 0) is 10.5 Å². The first-order valence-corrected chi connectivity index (χ1v) is 11.3. The minimum Gasteiger partial charge on any atom is -0.497 e. The van der Waals surface area contributed by atoms with E-state index in [9.17, 15) is 4.79 Å². The number of nitrogens with zero attached hydrogens (tertiary/aromatic N) is 1. The zero-order valence-corrected chi connectivity index (χ0v) is 18.1. The maximum absolute atomic E-state index is 12.2. The zero-order valence-electron chi connectivity index (χ0n) is 16.5. The normalized spacial score (nSPS) is 10.6. The van der Waals surface area contributed by atoms with Crippen LogP contribution in [0.2, 0.25) is 0 Å². The van der Waals surface area contributed by atoms with Crippen molar-refractivity contribution in [2.24, 2.45) is 0 Å². The van der Waals surface area contributed by atoms with Crippen molar-refractivity contribution >= 4 is 34.1 Å². The van der Waals surface area contributed by atoms with Gasteiger partial charge in [0.2, 0.25) is 5.91 Å². The van der Waals surface area contributed by atoms with Gasteiger partial charge in [0.05, 0.1) is 19.9 Å². The molecule has 5 nitrogen and oxygen atoms in total. The molecule has 2 aromatic carbocycles. The molecule has 0 bridgehead atoms. The Morgan fingerprint density at radius 1 is 1.14 bits per heavy atom. The summed E-state index contributed by atoms with van der Waals surface area (Å²) in [7, 11) is 3.24. The SMILES string of the molecule is COc1ccc(OC)c(-c2csc(NC(=O)CCCSCc3ccccc3)n2)c1. The van der Waals surface area contributed by atoms with Crippen LogP contribution in [-0.4, -0.2) is 30.9 Å². The fourth-order valence-electron chi connectivity index (χ4n) is 2.75. The van der Waals surface area contributed by atoms with Crippen LogP contribution < -0.4 is 14.8 Å². The average molecular weight is 429 g/mol. The minimum atomic E-state index is -0.0104. The predicted octanol–water partition coefficient (Wildman–Crippen LogP) is 5.48. The Morgan fingerprint density at radius 2 is 1.97 bits per heavy atom. The van der Waals surface area contributed by atoms with Crippen LogP contribution in [0.1, 0.15) is 18.4 Å². The first-order chi connectivity index (χ1) is 14.2. The van der Waals surface area contributed by atoms with Gasteiger partial charge in [-0.1, -0.05) is 30.3 Å². The third kappa shape index (κ3) is 6.24. The molecule has 3 rings (SSSR count). The molecule has 0 fully saturated rings. The number of aromatic nitrogens is 1. The van der Waals surface area contributed by atoms with Crippen LogP contribution in [0.4, 0.5) is 5.13 Å². The maximum Gasteiger partial charge on any atom is 0.226 e. The molecule has 0 saturated carbocycles. The molecule has 0 spiro atoms. The van der Waals surface area contributed by atoms with Gasteiger partial charge in [-0.25, -0.2) is 4.98 Å². The van der Waals surface area contributed by atoms with Gasteiger partial charge in [0.1, 0.15) is 11.5 Å². The highest BCUT2D eigenvalue weighted by Crippen LogP contribution is 2.35.